The average molecular weight is 443 g/mol. The van der Waals surface area contributed by atoms with Crippen LogP contribution in [0.5, 0.6) is 11.5 Å². The number of nitrogens with one attached hydrogen (secondary N) is 2. The van der Waals surface area contributed by atoms with E-state index in [0.717, 1.165) is 5.56 Å². The minimum absolute atomic E-state index is 0.0623. The highest BCUT2D eigenvalue weighted by molar-refractivity contribution is 6.33. The Bertz CT molecular complexity index is 895. The summed E-state index contributed by atoms with van der Waals surface area (Å²) >= 11 is 12.2. The van der Waals surface area contributed by atoms with Crippen LogP contribution in [0.4, 0.5) is 11.4 Å². The third kappa shape index (κ3) is 6.67. The lowest BCUT2D eigenvalue weighted by molar-refractivity contribution is -0.384. The van der Waals surface area contributed by atoms with Gasteiger partial charge >= 0.3 is 0 Å². The van der Waals surface area contributed by atoms with Crippen molar-refractivity contribution in [1.82, 2.24) is 5.32 Å². The number of halogens is 2. The molecule has 0 aliphatic carbocycles. The number of amides is 1. The molecule has 0 heterocycles. The Labute approximate surface area is 177 Å². The molecule has 0 aromatic heterocycles. The highest BCUT2D eigenvalue weighted by Crippen LogP contribution is 2.36. The van der Waals surface area contributed by atoms with Crippen LogP contribution >= 0.6 is 23.2 Å². The maximum atomic E-state index is 10.9. The van der Waals surface area contributed by atoms with Crippen molar-refractivity contribution >= 4 is 40.5 Å². The van der Waals surface area contributed by atoms with Crippen LogP contribution in [-0.2, 0) is 11.3 Å². The Morgan fingerprint density at radius 3 is 2.59 bits per heavy atom. The zero-order valence-corrected chi connectivity index (χ0v) is 17.0. The molecule has 0 saturated heterocycles. The number of carbonyl (C=O) groups is 1. The Kier molecular flexibility index (Phi) is 8.32. The lowest BCUT2D eigenvalue weighted by atomic mass is 10.2. The minimum Gasteiger partial charge on any atom is -0.493 e. The van der Waals surface area contributed by atoms with E-state index in [0.29, 0.717) is 36.1 Å². The van der Waals surface area contributed by atoms with Crippen LogP contribution in [-0.4, -0.2) is 37.6 Å². The van der Waals surface area contributed by atoms with E-state index in [2.05, 4.69) is 10.6 Å². The largest absolute Gasteiger partial charge is 0.493 e. The summed E-state index contributed by atoms with van der Waals surface area (Å²) in [5, 5.41) is 17.6. The van der Waals surface area contributed by atoms with Crippen molar-refractivity contribution in [2.75, 3.05) is 32.1 Å². The predicted molar refractivity (Wildman–Crippen MR) is 111 cm³/mol. The van der Waals surface area contributed by atoms with Gasteiger partial charge in [-0.2, -0.15) is 0 Å². The van der Waals surface area contributed by atoms with Gasteiger partial charge < -0.3 is 25.8 Å². The van der Waals surface area contributed by atoms with Gasteiger partial charge in [0, 0.05) is 31.8 Å². The summed E-state index contributed by atoms with van der Waals surface area (Å²) in [6.07, 6.45) is 0. The van der Waals surface area contributed by atoms with Crippen molar-refractivity contribution in [2.24, 2.45) is 5.73 Å². The number of nitro benzene ring substituents is 1. The molecule has 11 heteroatoms. The second kappa shape index (κ2) is 10.7. The summed E-state index contributed by atoms with van der Waals surface area (Å²) < 4.78 is 10.5. The second-order valence-electron chi connectivity index (χ2n) is 5.89. The molecule has 2 aromatic carbocycles. The third-order valence-electron chi connectivity index (χ3n) is 3.76. The first-order valence-corrected chi connectivity index (χ1v) is 9.23. The molecular weight excluding hydrogens is 423 g/mol. The maximum Gasteiger partial charge on any atom is 0.271 e. The Hall–Kier alpha value is -2.75. The predicted octanol–water partition coefficient (Wildman–Crippen LogP) is 2.98. The highest BCUT2D eigenvalue weighted by atomic mass is 35.5. The molecule has 9 nitrogen and oxygen atoms in total. The number of nitrogens with two attached hydrogens (primary N) is 1. The van der Waals surface area contributed by atoms with E-state index in [1.54, 1.807) is 18.2 Å². The van der Waals surface area contributed by atoms with Crippen molar-refractivity contribution in [3.8, 4) is 11.5 Å². The number of hydrogen-bond acceptors (Lipinski definition) is 7. The van der Waals surface area contributed by atoms with Crippen molar-refractivity contribution in [1.29, 1.82) is 0 Å². The number of methoxy groups -OCH3 is 1. The molecule has 0 radical (unpaired) electrons. The van der Waals surface area contributed by atoms with E-state index in [9.17, 15) is 14.9 Å². The van der Waals surface area contributed by atoms with Gasteiger partial charge in [-0.25, -0.2) is 0 Å². The zero-order valence-electron chi connectivity index (χ0n) is 15.5. The number of anilines is 1. The number of hydrogen-bond donors (Lipinski definition) is 3. The van der Waals surface area contributed by atoms with Gasteiger partial charge in [0.05, 0.1) is 27.8 Å². The molecule has 0 spiro atoms. The molecule has 29 heavy (non-hydrogen) atoms. The summed E-state index contributed by atoms with van der Waals surface area (Å²) in [5.74, 6) is 0.0343. The van der Waals surface area contributed by atoms with E-state index in [4.69, 9.17) is 38.4 Å². The molecule has 0 unspecified atom stereocenters. The van der Waals surface area contributed by atoms with Gasteiger partial charge in [0.2, 0.25) is 0 Å². The fourth-order valence-corrected chi connectivity index (χ4v) is 2.97. The van der Waals surface area contributed by atoms with Gasteiger partial charge in [-0.05, 0) is 23.8 Å². The quantitative estimate of drug-likeness (QED) is 0.277. The SMILES string of the molecule is COc1cc(CNCCNc2ccc([N+](=O)[O-])cc2Cl)cc(Cl)c1OCC(N)=O. The van der Waals surface area contributed by atoms with E-state index >= 15 is 0 Å². The summed E-state index contributed by atoms with van der Waals surface area (Å²) in [6.45, 7) is 1.34. The first-order valence-electron chi connectivity index (χ1n) is 8.48. The molecule has 0 aliphatic heterocycles. The number of non-ortho nitro benzene ring substituents is 1. The van der Waals surface area contributed by atoms with Gasteiger partial charge in [0.15, 0.2) is 18.1 Å². The van der Waals surface area contributed by atoms with Gasteiger partial charge in [-0.15, -0.1) is 0 Å². The van der Waals surface area contributed by atoms with E-state index in [-0.39, 0.29) is 23.1 Å². The number of ether oxygens (including phenoxy) is 2. The molecule has 2 rings (SSSR count). The molecule has 0 atom stereocenters. The van der Waals surface area contributed by atoms with Crippen molar-refractivity contribution in [3.63, 3.8) is 0 Å². The fraction of sp³-hybridized carbons (Fsp3) is 0.278. The summed E-state index contributed by atoms with van der Waals surface area (Å²) in [4.78, 5) is 21.1. The standard InChI is InChI=1S/C18H20Cl2N4O5/c1-28-16-7-11(6-14(20)18(16)29-10-17(21)25)9-22-4-5-23-15-3-2-12(24(26)27)8-13(15)19/h2-3,6-8,22-23H,4-5,9-10H2,1H3,(H2,21,25). The number of rotatable bonds is 11. The Balaban J connectivity index is 1.86. The molecule has 4 N–H and O–H groups in total. The minimum atomic E-state index is -0.616. The van der Waals surface area contributed by atoms with E-state index < -0.39 is 10.8 Å². The summed E-state index contributed by atoms with van der Waals surface area (Å²) in [6, 6.07) is 7.70. The third-order valence-corrected chi connectivity index (χ3v) is 4.35. The lowest BCUT2D eigenvalue weighted by Crippen LogP contribution is -2.22. The van der Waals surface area contributed by atoms with Crippen molar-refractivity contribution < 1.29 is 19.2 Å². The number of primary amides is 1. The average Bonchev–Trinajstić information content (AvgIpc) is 2.67. The second-order valence-corrected chi connectivity index (χ2v) is 6.70. The first-order chi connectivity index (χ1) is 13.8. The molecule has 0 aliphatic rings. The summed E-state index contributed by atoms with van der Waals surface area (Å²) in [7, 11) is 1.47. The Morgan fingerprint density at radius 2 is 1.97 bits per heavy atom. The van der Waals surface area contributed by atoms with Crippen molar-refractivity contribution in [3.05, 3.63) is 56.1 Å². The maximum absolute atomic E-state index is 10.9. The first kappa shape index (κ1) is 22.5. The topological polar surface area (TPSA) is 129 Å². The smallest absolute Gasteiger partial charge is 0.271 e. The molecule has 0 bridgehead atoms. The van der Waals surface area contributed by atoms with Crippen LogP contribution in [0, 0.1) is 10.1 Å². The number of carbonyl (C=O) groups excluding carboxylic acids is 1. The molecular formula is C18H20Cl2N4O5. The Morgan fingerprint density at radius 1 is 1.21 bits per heavy atom. The normalized spacial score (nSPS) is 10.4. The molecule has 2 aromatic rings. The van der Waals surface area contributed by atoms with Crippen LogP contribution in [0.2, 0.25) is 10.0 Å². The molecule has 0 fully saturated rings. The molecule has 1 amide bonds. The molecule has 156 valence electrons. The van der Waals surface area contributed by atoms with Gasteiger partial charge in [-0.3, -0.25) is 14.9 Å². The molecule has 0 saturated carbocycles. The number of nitrogens with zero attached hydrogens (tertiary/aromatic N) is 1. The van der Waals surface area contributed by atoms with Crippen LogP contribution in [0.3, 0.4) is 0 Å². The highest BCUT2D eigenvalue weighted by Gasteiger charge is 2.13. The number of benzene rings is 2. The zero-order chi connectivity index (χ0) is 21.4. The van der Waals surface area contributed by atoms with Crippen LogP contribution < -0.4 is 25.8 Å². The lowest BCUT2D eigenvalue weighted by Gasteiger charge is -2.14. The van der Waals surface area contributed by atoms with E-state index in [1.165, 1.54) is 19.2 Å². The monoisotopic (exact) mass is 442 g/mol. The van der Waals surface area contributed by atoms with Gasteiger partial charge in [0.25, 0.3) is 11.6 Å². The fourth-order valence-electron chi connectivity index (χ4n) is 2.44. The van der Waals surface area contributed by atoms with Crippen LogP contribution in [0.1, 0.15) is 5.56 Å². The number of nitro groups is 1. The van der Waals surface area contributed by atoms with Crippen molar-refractivity contribution in [2.45, 2.75) is 6.54 Å². The van der Waals surface area contributed by atoms with Gasteiger partial charge in [-0.1, -0.05) is 23.2 Å². The van der Waals surface area contributed by atoms with Crippen LogP contribution in [0.25, 0.3) is 0 Å². The van der Waals surface area contributed by atoms with Crippen LogP contribution in [0.15, 0.2) is 30.3 Å². The van der Waals surface area contributed by atoms with Gasteiger partial charge in [0.1, 0.15) is 0 Å². The van der Waals surface area contributed by atoms with E-state index in [1.807, 2.05) is 0 Å². The summed E-state index contributed by atoms with van der Waals surface area (Å²) in [5.41, 5.74) is 6.48.